The van der Waals surface area contributed by atoms with Crippen molar-refractivity contribution in [1.82, 2.24) is 9.88 Å². The number of fused-ring (bicyclic) bond motifs is 1. The number of carbonyl (C=O) groups is 1. The minimum Gasteiger partial charge on any atom is -0.354 e. The summed E-state index contributed by atoms with van der Waals surface area (Å²) in [5.41, 5.74) is 2.33. The van der Waals surface area contributed by atoms with Crippen molar-refractivity contribution in [1.29, 1.82) is 0 Å². The molecular weight excluding hydrogens is 224 g/mol. The summed E-state index contributed by atoms with van der Waals surface area (Å²) in [4.78, 5) is 11.8. The minimum atomic E-state index is 0.0720. The fourth-order valence-electron chi connectivity index (χ4n) is 1.96. The molecule has 2 aromatic rings. The Labute approximate surface area is 108 Å². The van der Waals surface area contributed by atoms with Crippen molar-refractivity contribution in [3.63, 3.8) is 0 Å². The van der Waals surface area contributed by atoms with Gasteiger partial charge in [-0.05, 0) is 35.9 Å². The maximum Gasteiger partial charge on any atom is 0.239 e. The van der Waals surface area contributed by atoms with E-state index in [9.17, 15) is 4.79 Å². The maximum absolute atomic E-state index is 11.8. The Morgan fingerprint density at radius 1 is 1.33 bits per heavy atom. The van der Waals surface area contributed by atoms with Crippen molar-refractivity contribution in [2.24, 2.45) is 5.92 Å². The molecule has 0 aliphatic carbocycles. The SMILES string of the molecule is Cc1ccc2ccn(CC(=O)NCC(C)C)c2c1. The van der Waals surface area contributed by atoms with Crippen molar-refractivity contribution >= 4 is 16.8 Å². The summed E-state index contributed by atoms with van der Waals surface area (Å²) in [7, 11) is 0. The molecule has 1 amide bonds. The van der Waals surface area contributed by atoms with Gasteiger partial charge in [0, 0.05) is 18.3 Å². The van der Waals surface area contributed by atoms with Gasteiger partial charge in [0.15, 0.2) is 0 Å². The molecule has 0 aliphatic heterocycles. The van der Waals surface area contributed by atoms with E-state index in [1.165, 1.54) is 10.9 Å². The fourth-order valence-corrected chi connectivity index (χ4v) is 1.96. The molecule has 3 nitrogen and oxygen atoms in total. The molecule has 1 aromatic carbocycles. The first-order chi connectivity index (χ1) is 8.56. The number of carbonyl (C=O) groups excluding carboxylic acids is 1. The molecule has 2 rings (SSSR count). The third-order valence-electron chi connectivity index (χ3n) is 2.95. The summed E-state index contributed by atoms with van der Waals surface area (Å²) in [6.07, 6.45) is 1.97. The normalized spacial score (nSPS) is 11.1. The number of amides is 1. The van der Waals surface area contributed by atoms with Crippen molar-refractivity contribution in [2.75, 3.05) is 6.54 Å². The van der Waals surface area contributed by atoms with Crippen LogP contribution in [0.1, 0.15) is 19.4 Å². The summed E-state index contributed by atoms with van der Waals surface area (Å²) in [5.74, 6) is 0.556. The van der Waals surface area contributed by atoms with Crippen LogP contribution in [0.5, 0.6) is 0 Å². The van der Waals surface area contributed by atoms with Crippen LogP contribution in [-0.2, 0) is 11.3 Å². The van der Waals surface area contributed by atoms with Crippen molar-refractivity contribution in [2.45, 2.75) is 27.3 Å². The largest absolute Gasteiger partial charge is 0.354 e. The van der Waals surface area contributed by atoms with Crippen LogP contribution >= 0.6 is 0 Å². The van der Waals surface area contributed by atoms with E-state index in [1.807, 2.05) is 16.8 Å². The van der Waals surface area contributed by atoms with Gasteiger partial charge in [0.05, 0.1) is 0 Å². The fraction of sp³-hybridized carbons (Fsp3) is 0.400. The van der Waals surface area contributed by atoms with Crippen LogP contribution in [0.25, 0.3) is 10.9 Å². The molecule has 3 heteroatoms. The molecule has 1 aromatic heterocycles. The van der Waals surface area contributed by atoms with Gasteiger partial charge in [-0.15, -0.1) is 0 Å². The van der Waals surface area contributed by atoms with E-state index in [-0.39, 0.29) is 5.91 Å². The predicted molar refractivity (Wildman–Crippen MR) is 74.5 cm³/mol. The molecule has 0 aliphatic rings. The molecule has 0 saturated heterocycles. The van der Waals surface area contributed by atoms with Crippen molar-refractivity contribution < 1.29 is 4.79 Å². The molecule has 0 radical (unpaired) electrons. The summed E-state index contributed by atoms with van der Waals surface area (Å²) >= 11 is 0. The van der Waals surface area contributed by atoms with Crippen LogP contribution in [0, 0.1) is 12.8 Å². The Morgan fingerprint density at radius 3 is 2.83 bits per heavy atom. The Morgan fingerprint density at radius 2 is 2.11 bits per heavy atom. The lowest BCUT2D eigenvalue weighted by Crippen LogP contribution is -2.30. The van der Waals surface area contributed by atoms with Crippen molar-refractivity contribution in [3.8, 4) is 0 Å². The number of rotatable bonds is 4. The highest BCUT2D eigenvalue weighted by Gasteiger charge is 2.06. The van der Waals surface area contributed by atoms with E-state index in [0.717, 1.165) is 12.1 Å². The van der Waals surface area contributed by atoms with Crippen molar-refractivity contribution in [3.05, 3.63) is 36.0 Å². The molecule has 0 spiro atoms. The summed E-state index contributed by atoms with van der Waals surface area (Å²) in [5, 5.41) is 4.12. The molecule has 0 bridgehead atoms. The number of nitrogens with one attached hydrogen (secondary N) is 1. The smallest absolute Gasteiger partial charge is 0.239 e. The molecule has 0 fully saturated rings. The molecule has 1 heterocycles. The van der Waals surface area contributed by atoms with Crippen LogP contribution in [0.2, 0.25) is 0 Å². The van der Waals surface area contributed by atoms with Gasteiger partial charge in [-0.3, -0.25) is 4.79 Å². The average Bonchev–Trinajstić information content (AvgIpc) is 2.69. The Hall–Kier alpha value is -1.77. The van der Waals surface area contributed by atoms with E-state index < -0.39 is 0 Å². The Bertz CT molecular complexity index is 555. The quantitative estimate of drug-likeness (QED) is 0.881. The summed E-state index contributed by atoms with van der Waals surface area (Å²) in [6.45, 7) is 7.37. The topological polar surface area (TPSA) is 34.0 Å². The highest BCUT2D eigenvalue weighted by atomic mass is 16.1. The number of aromatic nitrogens is 1. The van der Waals surface area contributed by atoms with Crippen LogP contribution < -0.4 is 5.32 Å². The zero-order valence-electron chi connectivity index (χ0n) is 11.2. The zero-order chi connectivity index (χ0) is 13.1. The second-order valence-electron chi connectivity index (χ2n) is 5.20. The van der Waals surface area contributed by atoms with Gasteiger partial charge in [0.1, 0.15) is 6.54 Å². The van der Waals surface area contributed by atoms with E-state index in [2.05, 4.69) is 44.3 Å². The molecule has 18 heavy (non-hydrogen) atoms. The third-order valence-corrected chi connectivity index (χ3v) is 2.95. The third kappa shape index (κ3) is 2.92. The second kappa shape index (κ2) is 5.25. The number of hydrogen-bond acceptors (Lipinski definition) is 1. The van der Waals surface area contributed by atoms with Gasteiger partial charge in [-0.25, -0.2) is 0 Å². The lowest BCUT2D eigenvalue weighted by molar-refractivity contribution is -0.121. The first-order valence-corrected chi connectivity index (χ1v) is 6.38. The molecular formula is C15H20N2O. The monoisotopic (exact) mass is 244 g/mol. The van der Waals surface area contributed by atoms with Gasteiger partial charge in [-0.1, -0.05) is 26.0 Å². The van der Waals surface area contributed by atoms with Gasteiger partial charge < -0.3 is 9.88 Å². The summed E-state index contributed by atoms with van der Waals surface area (Å²) in [6, 6.07) is 8.34. The highest BCUT2D eigenvalue weighted by molar-refractivity contribution is 5.83. The van der Waals surface area contributed by atoms with E-state index in [1.54, 1.807) is 0 Å². The van der Waals surface area contributed by atoms with Crippen LogP contribution in [0.4, 0.5) is 0 Å². The molecule has 1 N–H and O–H groups in total. The molecule has 0 atom stereocenters. The standard InChI is InChI=1S/C15H20N2O/c1-11(2)9-16-15(18)10-17-7-6-13-5-4-12(3)8-14(13)17/h4-8,11H,9-10H2,1-3H3,(H,16,18). The molecule has 0 unspecified atom stereocenters. The number of benzene rings is 1. The van der Waals surface area contributed by atoms with E-state index >= 15 is 0 Å². The lowest BCUT2D eigenvalue weighted by atomic mass is 10.2. The van der Waals surface area contributed by atoms with E-state index in [0.29, 0.717) is 12.5 Å². The predicted octanol–water partition coefficient (Wildman–Crippen LogP) is 2.72. The first kappa shape index (κ1) is 12.7. The highest BCUT2D eigenvalue weighted by Crippen LogP contribution is 2.17. The molecule has 96 valence electrons. The lowest BCUT2D eigenvalue weighted by Gasteiger charge is -2.09. The van der Waals surface area contributed by atoms with Gasteiger partial charge in [0.25, 0.3) is 0 Å². The summed E-state index contributed by atoms with van der Waals surface area (Å²) < 4.78 is 2.00. The first-order valence-electron chi connectivity index (χ1n) is 6.38. The van der Waals surface area contributed by atoms with Crippen LogP contribution in [-0.4, -0.2) is 17.0 Å². The minimum absolute atomic E-state index is 0.0720. The van der Waals surface area contributed by atoms with Crippen LogP contribution in [0.15, 0.2) is 30.5 Å². The number of aryl methyl sites for hydroxylation is 1. The van der Waals surface area contributed by atoms with Crippen LogP contribution in [0.3, 0.4) is 0 Å². The maximum atomic E-state index is 11.8. The zero-order valence-corrected chi connectivity index (χ0v) is 11.2. The number of nitrogens with zero attached hydrogens (tertiary/aromatic N) is 1. The molecule has 0 saturated carbocycles. The van der Waals surface area contributed by atoms with Gasteiger partial charge >= 0.3 is 0 Å². The number of hydrogen-bond donors (Lipinski definition) is 1. The Balaban J connectivity index is 2.12. The van der Waals surface area contributed by atoms with Gasteiger partial charge in [0.2, 0.25) is 5.91 Å². The Kier molecular flexibility index (Phi) is 3.70. The second-order valence-corrected chi connectivity index (χ2v) is 5.20. The van der Waals surface area contributed by atoms with Gasteiger partial charge in [-0.2, -0.15) is 0 Å². The average molecular weight is 244 g/mol. The van der Waals surface area contributed by atoms with E-state index in [4.69, 9.17) is 0 Å².